The Morgan fingerprint density at radius 1 is 1.10 bits per heavy atom. The van der Waals surface area contributed by atoms with E-state index in [1.807, 2.05) is 35.9 Å². The fourth-order valence-corrected chi connectivity index (χ4v) is 6.36. The van der Waals surface area contributed by atoms with Crippen molar-refractivity contribution in [1.82, 2.24) is 9.47 Å². The molecule has 1 aromatic heterocycles. The van der Waals surface area contributed by atoms with Crippen LogP contribution in [0.2, 0.25) is 5.02 Å². The minimum atomic E-state index is -0.610. The number of Topliss-reactive ketones (excluding diaryl/α,β-unsaturated/α-hetero) is 1. The molecule has 1 atom stereocenters. The number of carbonyl (C=O) groups is 3. The quantitative estimate of drug-likeness (QED) is 0.293. The number of hydrogen-bond donors (Lipinski definition) is 1. The number of anilines is 1. The molecule has 3 aromatic rings. The lowest BCUT2D eigenvalue weighted by Crippen LogP contribution is -2.41. The second kappa shape index (κ2) is 13.4. The van der Waals surface area contributed by atoms with Crippen molar-refractivity contribution in [2.45, 2.75) is 63.7 Å². The minimum Gasteiger partial charge on any atom is -0.469 e. The van der Waals surface area contributed by atoms with Gasteiger partial charge in [-0.25, -0.2) is 4.39 Å². The van der Waals surface area contributed by atoms with Gasteiger partial charge in [-0.1, -0.05) is 29.8 Å². The van der Waals surface area contributed by atoms with E-state index in [4.69, 9.17) is 21.1 Å². The van der Waals surface area contributed by atoms with E-state index in [0.29, 0.717) is 18.4 Å². The number of benzene rings is 2. The zero-order valence-corrected chi connectivity index (χ0v) is 24.8. The number of hydrogen-bond acceptors (Lipinski definition) is 6. The van der Waals surface area contributed by atoms with Crippen molar-refractivity contribution in [2.24, 2.45) is 13.0 Å². The summed E-state index contributed by atoms with van der Waals surface area (Å²) in [7, 11) is 3.26. The maximum atomic E-state index is 15.2. The van der Waals surface area contributed by atoms with Crippen LogP contribution in [-0.4, -0.2) is 59.7 Å². The number of rotatable bonds is 10. The fraction of sp³-hybridized carbons (Fsp3) is 0.469. The van der Waals surface area contributed by atoms with Crippen LogP contribution in [0.25, 0.3) is 10.9 Å². The molecule has 0 radical (unpaired) electrons. The van der Waals surface area contributed by atoms with Gasteiger partial charge < -0.3 is 19.4 Å². The lowest BCUT2D eigenvalue weighted by atomic mass is 9.87. The lowest BCUT2D eigenvalue weighted by Gasteiger charge is -2.34. The fourth-order valence-electron chi connectivity index (χ4n) is 6.13. The highest BCUT2D eigenvalue weighted by molar-refractivity contribution is 6.34. The van der Waals surface area contributed by atoms with Gasteiger partial charge in [0.15, 0.2) is 0 Å². The first kappa shape index (κ1) is 30.2. The van der Waals surface area contributed by atoms with E-state index in [1.54, 1.807) is 6.20 Å². The number of aromatic nitrogens is 1. The molecule has 2 heterocycles. The van der Waals surface area contributed by atoms with Gasteiger partial charge in [0, 0.05) is 50.1 Å². The minimum absolute atomic E-state index is 0.0416. The number of ketones is 1. The number of ether oxygens (including phenoxy) is 2. The van der Waals surface area contributed by atoms with Crippen LogP contribution in [0.4, 0.5) is 10.1 Å². The largest absolute Gasteiger partial charge is 0.469 e. The summed E-state index contributed by atoms with van der Waals surface area (Å²) >= 11 is 6.46. The number of halogens is 2. The maximum absolute atomic E-state index is 15.2. The highest BCUT2D eigenvalue weighted by atomic mass is 35.5. The average molecular weight is 598 g/mol. The number of methoxy groups -OCH3 is 1. The summed E-state index contributed by atoms with van der Waals surface area (Å²) in [4.78, 5) is 40.3. The summed E-state index contributed by atoms with van der Waals surface area (Å²) in [6.07, 6.45) is 6.23. The molecule has 42 heavy (non-hydrogen) atoms. The Hall–Kier alpha value is -3.27. The van der Waals surface area contributed by atoms with Crippen molar-refractivity contribution >= 4 is 45.9 Å². The van der Waals surface area contributed by atoms with E-state index in [9.17, 15) is 14.4 Å². The molecule has 224 valence electrons. The molecule has 2 aliphatic rings. The number of carbonyl (C=O) groups excluding carboxylic acids is 3. The summed E-state index contributed by atoms with van der Waals surface area (Å²) in [5.74, 6) is -1.45. The molecule has 1 saturated carbocycles. The Balaban J connectivity index is 1.22. The van der Waals surface area contributed by atoms with Gasteiger partial charge in [-0.15, -0.1) is 0 Å². The number of likely N-dealkylation sites (tertiary alicyclic amines) is 1. The molecule has 2 aromatic carbocycles. The second-order valence-electron chi connectivity index (χ2n) is 11.3. The molecule has 5 rings (SSSR count). The van der Waals surface area contributed by atoms with Crippen molar-refractivity contribution in [3.63, 3.8) is 0 Å². The van der Waals surface area contributed by atoms with Crippen LogP contribution in [0.1, 0.15) is 60.9 Å². The van der Waals surface area contributed by atoms with E-state index in [1.165, 1.54) is 19.2 Å². The van der Waals surface area contributed by atoms with Crippen LogP contribution in [0, 0.1) is 11.7 Å². The number of nitrogens with one attached hydrogen (secondary N) is 1. The highest BCUT2D eigenvalue weighted by Gasteiger charge is 2.32. The smallest absolute Gasteiger partial charge is 0.308 e. The monoisotopic (exact) mass is 597 g/mol. The molecule has 0 spiro atoms. The van der Waals surface area contributed by atoms with Gasteiger partial charge in [0.25, 0.3) is 5.91 Å². The molecule has 1 N–H and O–H groups in total. The Labute approximate surface area is 250 Å². The van der Waals surface area contributed by atoms with Gasteiger partial charge >= 0.3 is 5.97 Å². The van der Waals surface area contributed by atoms with Crippen LogP contribution in [0.3, 0.4) is 0 Å². The molecule has 10 heteroatoms. The van der Waals surface area contributed by atoms with Crippen LogP contribution in [0.15, 0.2) is 42.6 Å². The molecule has 2 fully saturated rings. The zero-order chi connectivity index (χ0) is 29.8. The number of aryl methyl sites for hydroxylation is 1. The first-order valence-corrected chi connectivity index (χ1v) is 14.9. The van der Waals surface area contributed by atoms with Crippen LogP contribution in [0.5, 0.6) is 0 Å². The molecule has 1 aliphatic carbocycles. The number of para-hydroxylation sites is 1. The zero-order valence-electron chi connectivity index (χ0n) is 24.0. The van der Waals surface area contributed by atoms with Crippen molar-refractivity contribution in [1.29, 1.82) is 0 Å². The normalized spacial score (nSPS) is 20.0. The topological polar surface area (TPSA) is 89.9 Å². The van der Waals surface area contributed by atoms with Gasteiger partial charge in [-0.05, 0) is 62.3 Å². The molecule has 1 amide bonds. The van der Waals surface area contributed by atoms with Gasteiger partial charge in [0.05, 0.1) is 35.4 Å². The second-order valence-corrected chi connectivity index (χ2v) is 11.7. The molecule has 1 aliphatic heterocycles. The van der Waals surface area contributed by atoms with E-state index >= 15 is 4.39 Å². The van der Waals surface area contributed by atoms with Crippen molar-refractivity contribution in [2.75, 3.05) is 25.5 Å². The van der Waals surface area contributed by atoms with Crippen LogP contribution < -0.4 is 5.32 Å². The van der Waals surface area contributed by atoms with Crippen LogP contribution in [-0.2, 0) is 32.5 Å². The summed E-state index contributed by atoms with van der Waals surface area (Å²) in [6, 6.07) is 10.1. The summed E-state index contributed by atoms with van der Waals surface area (Å²) < 4.78 is 28.4. The summed E-state index contributed by atoms with van der Waals surface area (Å²) in [5, 5.41) is 3.65. The van der Waals surface area contributed by atoms with Gasteiger partial charge in [0.2, 0.25) is 0 Å². The number of nitrogens with zero attached hydrogens (tertiary/aromatic N) is 2. The predicted octanol–water partition coefficient (Wildman–Crippen LogP) is 5.90. The highest BCUT2D eigenvalue weighted by Crippen LogP contribution is 2.31. The third kappa shape index (κ3) is 6.85. The predicted molar refractivity (Wildman–Crippen MR) is 159 cm³/mol. The molecule has 1 saturated heterocycles. The van der Waals surface area contributed by atoms with Gasteiger partial charge in [0.1, 0.15) is 17.8 Å². The van der Waals surface area contributed by atoms with Gasteiger partial charge in [-0.3, -0.25) is 19.3 Å². The molecular weight excluding hydrogens is 561 g/mol. The SMILES string of the molecule is COC(=O)C1CCC(OC(CC(=O)Cc2cc(Cl)c(NC(=O)c3cn(C)c4ccccc34)cc2F)N2CCCC2)CC1. The molecular formula is C32H37ClFN3O5. The molecule has 8 nitrogen and oxygen atoms in total. The Morgan fingerprint density at radius 2 is 1.81 bits per heavy atom. The first-order chi connectivity index (χ1) is 20.2. The van der Waals surface area contributed by atoms with Crippen molar-refractivity contribution < 1.29 is 28.2 Å². The number of amides is 1. The van der Waals surface area contributed by atoms with Crippen molar-refractivity contribution in [3.8, 4) is 0 Å². The third-order valence-corrected chi connectivity index (χ3v) is 8.73. The standard InChI is InChI=1S/C32H37ClFN3O5/c1-36-19-25(24-7-3-4-8-29(24)36)31(39)35-28-18-27(34)21(16-26(28)33)15-22(38)17-30(37-13-5-6-14-37)42-23-11-9-20(10-12-23)32(40)41-2/h3-4,7-8,16,18-20,23,30H,5-6,9-15,17H2,1-2H3,(H,35,39). The first-order valence-electron chi connectivity index (χ1n) is 14.6. The number of esters is 1. The number of fused-ring (bicyclic) bond motifs is 1. The third-order valence-electron chi connectivity index (χ3n) is 8.42. The Bertz CT molecular complexity index is 1460. The average Bonchev–Trinajstić information content (AvgIpc) is 3.64. The molecule has 0 bridgehead atoms. The van der Waals surface area contributed by atoms with E-state index in [2.05, 4.69) is 10.2 Å². The van der Waals surface area contributed by atoms with E-state index in [-0.39, 0.29) is 52.9 Å². The van der Waals surface area contributed by atoms with Crippen LogP contribution >= 0.6 is 11.6 Å². The van der Waals surface area contributed by atoms with Gasteiger partial charge in [-0.2, -0.15) is 0 Å². The van der Waals surface area contributed by atoms with E-state index in [0.717, 1.165) is 49.7 Å². The summed E-state index contributed by atoms with van der Waals surface area (Å²) in [5.41, 5.74) is 1.67. The maximum Gasteiger partial charge on any atom is 0.308 e. The molecule has 1 unspecified atom stereocenters. The Morgan fingerprint density at radius 3 is 2.52 bits per heavy atom. The summed E-state index contributed by atoms with van der Waals surface area (Å²) in [6.45, 7) is 1.70. The van der Waals surface area contributed by atoms with Crippen molar-refractivity contribution in [3.05, 3.63) is 64.6 Å². The lowest BCUT2D eigenvalue weighted by molar-refractivity contribution is -0.150. The van der Waals surface area contributed by atoms with E-state index < -0.39 is 18.0 Å². The Kier molecular flexibility index (Phi) is 9.60.